The minimum atomic E-state index is -0.783. The number of hydrogen-bond donors (Lipinski definition) is 2. The number of nitrogens with zero attached hydrogens (tertiary/aromatic N) is 1. The molecule has 0 bridgehead atoms. The number of urea groups is 1. The molecule has 1 rings (SSSR count). The fourth-order valence-corrected chi connectivity index (χ4v) is 1.71. The Morgan fingerprint density at radius 2 is 1.94 bits per heavy atom. The van der Waals surface area contributed by atoms with Gasteiger partial charge in [-0.25, -0.2) is 4.79 Å². The molecule has 0 atom stereocenters. The zero-order valence-electron chi connectivity index (χ0n) is 10.2. The molecule has 0 saturated carbocycles. The summed E-state index contributed by atoms with van der Waals surface area (Å²) in [4.78, 5) is 24.2. The maximum Gasteiger partial charge on any atom is 0.318 e. The fourth-order valence-electron chi connectivity index (χ4n) is 1.71. The number of carboxylic acid groups (broad SMARTS) is 1. The molecular weight excluding hydrogens is 220 g/mol. The molecule has 1 saturated heterocycles. The van der Waals surface area contributed by atoms with Gasteiger partial charge in [0.15, 0.2) is 0 Å². The summed E-state index contributed by atoms with van der Waals surface area (Å²) in [5.74, 6) is 1.37. The molecule has 1 heterocycles. The van der Waals surface area contributed by atoms with E-state index in [9.17, 15) is 9.59 Å². The third kappa shape index (κ3) is 3.66. The first-order valence-corrected chi connectivity index (χ1v) is 5.63. The molecule has 0 unspecified atom stereocenters. The molecule has 0 aromatic rings. The van der Waals surface area contributed by atoms with Gasteiger partial charge in [0.2, 0.25) is 0 Å². The van der Waals surface area contributed by atoms with Crippen LogP contribution in [0.4, 0.5) is 4.79 Å². The Morgan fingerprint density at radius 3 is 2.35 bits per heavy atom. The van der Waals surface area contributed by atoms with Crippen molar-refractivity contribution in [2.24, 2.45) is 5.92 Å². The lowest BCUT2D eigenvalue weighted by Crippen LogP contribution is -2.51. The molecule has 1 aliphatic rings. The van der Waals surface area contributed by atoms with Crippen LogP contribution in [-0.4, -0.2) is 40.6 Å². The summed E-state index contributed by atoms with van der Waals surface area (Å²) in [6, 6.07) is -0.225. The lowest BCUT2D eigenvalue weighted by Gasteiger charge is -2.32. The van der Waals surface area contributed by atoms with Gasteiger partial charge in [0.1, 0.15) is 0 Å². The number of amides is 2. The molecule has 1 fully saturated rings. The van der Waals surface area contributed by atoms with E-state index in [0.29, 0.717) is 25.9 Å². The number of hydrogen-bond acceptors (Lipinski definition) is 2. The molecule has 94 valence electrons. The number of terminal acetylenes is 1. The number of rotatable bonds is 2. The number of aliphatic carboxylic acids is 1. The quantitative estimate of drug-likeness (QED) is 0.702. The van der Waals surface area contributed by atoms with E-state index in [1.165, 1.54) is 0 Å². The third-order valence-electron chi connectivity index (χ3n) is 2.91. The van der Waals surface area contributed by atoms with Crippen molar-refractivity contribution in [1.82, 2.24) is 10.2 Å². The van der Waals surface area contributed by atoms with Gasteiger partial charge >= 0.3 is 12.0 Å². The summed E-state index contributed by atoms with van der Waals surface area (Å²) in [6.45, 7) is 4.41. The number of carbonyl (C=O) groups excluding carboxylic acids is 1. The van der Waals surface area contributed by atoms with Crippen LogP contribution < -0.4 is 5.32 Å². The number of carboxylic acids is 1. The molecule has 0 radical (unpaired) electrons. The minimum Gasteiger partial charge on any atom is -0.481 e. The van der Waals surface area contributed by atoms with Gasteiger partial charge in [0.05, 0.1) is 11.5 Å². The predicted molar refractivity (Wildman–Crippen MR) is 63.4 cm³/mol. The van der Waals surface area contributed by atoms with E-state index in [1.54, 1.807) is 18.7 Å². The van der Waals surface area contributed by atoms with Crippen molar-refractivity contribution in [2.75, 3.05) is 13.1 Å². The highest BCUT2D eigenvalue weighted by Gasteiger charge is 2.28. The average molecular weight is 238 g/mol. The van der Waals surface area contributed by atoms with Gasteiger partial charge in [-0.2, -0.15) is 0 Å². The molecule has 0 aliphatic carbocycles. The average Bonchev–Trinajstić information content (AvgIpc) is 2.28. The maximum atomic E-state index is 11.8. The molecule has 5 heteroatoms. The van der Waals surface area contributed by atoms with Crippen LogP contribution in [0.1, 0.15) is 26.7 Å². The van der Waals surface area contributed by atoms with Crippen LogP contribution in [0.2, 0.25) is 0 Å². The van der Waals surface area contributed by atoms with Crippen LogP contribution in [-0.2, 0) is 4.79 Å². The van der Waals surface area contributed by atoms with E-state index in [-0.39, 0.29) is 11.9 Å². The van der Waals surface area contributed by atoms with Crippen molar-refractivity contribution in [2.45, 2.75) is 32.2 Å². The van der Waals surface area contributed by atoms with Gasteiger partial charge in [-0.05, 0) is 26.7 Å². The largest absolute Gasteiger partial charge is 0.481 e. The van der Waals surface area contributed by atoms with Crippen LogP contribution in [0.25, 0.3) is 0 Å². The lowest BCUT2D eigenvalue weighted by molar-refractivity contribution is -0.143. The number of piperidine rings is 1. The van der Waals surface area contributed by atoms with Gasteiger partial charge in [0.25, 0.3) is 0 Å². The molecule has 2 N–H and O–H groups in total. The standard InChI is InChI=1S/C12H18N2O3/c1-4-12(2,3)13-11(17)14-7-5-9(6-8-14)10(15)16/h1,9H,5-8H2,2-3H3,(H,13,17)(H,15,16). The fraction of sp³-hybridized carbons (Fsp3) is 0.667. The molecule has 0 aromatic carbocycles. The van der Waals surface area contributed by atoms with Crippen molar-refractivity contribution in [3.8, 4) is 12.3 Å². The SMILES string of the molecule is C#CC(C)(C)NC(=O)N1CCC(C(=O)O)CC1. The molecular formula is C12H18N2O3. The normalized spacial score (nSPS) is 17.4. The Hall–Kier alpha value is -1.70. The number of likely N-dealkylation sites (tertiary alicyclic amines) is 1. The van der Waals surface area contributed by atoms with Crippen LogP contribution >= 0.6 is 0 Å². The summed E-state index contributed by atoms with van der Waals surface area (Å²) < 4.78 is 0. The number of nitrogens with one attached hydrogen (secondary N) is 1. The summed E-state index contributed by atoms with van der Waals surface area (Å²) in [5, 5.41) is 11.6. The van der Waals surface area contributed by atoms with Crippen molar-refractivity contribution < 1.29 is 14.7 Å². The zero-order chi connectivity index (χ0) is 13.1. The summed E-state index contributed by atoms with van der Waals surface area (Å²) in [7, 11) is 0. The van der Waals surface area contributed by atoms with Crippen molar-refractivity contribution in [3.63, 3.8) is 0 Å². The first kappa shape index (κ1) is 13.4. The van der Waals surface area contributed by atoms with Crippen molar-refractivity contribution >= 4 is 12.0 Å². The highest BCUT2D eigenvalue weighted by atomic mass is 16.4. The van der Waals surface area contributed by atoms with Gasteiger partial charge in [-0.15, -0.1) is 6.42 Å². The highest BCUT2D eigenvalue weighted by molar-refractivity contribution is 5.76. The summed E-state index contributed by atoms with van der Waals surface area (Å²) >= 11 is 0. The topological polar surface area (TPSA) is 69.6 Å². The first-order chi connectivity index (χ1) is 7.85. The van der Waals surface area contributed by atoms with Crippen molar-refractivity contribution in [1.29, 1.82) is 0 Å². The summed E-state index contributed by atoms with van der Waals surface area (Å²) in [6.07, 6.45) is 6.28. The molecule has 0 aromatic heterocycles. The Bertz CT molecular complexity index is 349. The Kier molecular flexibility index (Phi) is 4.00. The van der Waals surface area contributed by atoms with E-state index >= 15 is 0 Å². The van der Waals surface area contributed by atoms with Gasteiger partial charge in [-0.1, -0.05) is 5.92 Å². The second-order valence-electron chi connectivity index (χ2n) is 4.80. The zero-order valence-corrected chi connectivity index (χ0v) is 10.2. The lowest BCUT2D eigenvalue weighted by atomic mass is 9.97. The first-order valence-electron chi connectivity index (χ1n) is 5.63. The van der Waals surface area contributed by atoms with E-state index in [4.69, 9.17) is 11.5 Å². The van der Waals surface area contributed by atoms with E-state index in [2.05, 4.69) is 11.2 Å². The maximum absolute atomic E-state index is 11.8. The van der Waals surface area contributed by atoms with Gasteiger partial charge < -0.3 is 15.3 Å². The molecule has 0 spiro atoms. The number of carbonyl (C=O) groups is 2. The predicted octanol–water partition coefficient (Wildman–Crippen LogP) is 0.904. The Balaban J connectivity index is 2.47. The molecule has 2 amide bonds. The second-order valence-corrected chi connectivity index (χ2v) is 4.80. The molecule has 5 nitrogen and oxygen atoms in total. The summed E-state index contributed by atoms with van der Waals surface area (Å²) in [5.41, 5.74) is -0.680. The van der Waals surface area contributed by atoms with E-state index < -0.39 is 11.5 Å². The second kappa shape index (κ2) is 5.09. The van der Waals surface area contributed by atoms with Crippen LogP contribution in [0, 0.1) is 18.3 Å². The monoisotopic (exact) mass is 238 g/mol. The van der Waals surface area contributed by atoms with Crippen LogP contribution in [0.5, 0.6) is 0 Å². The molecule has 1 aliphatic heterocycles. The smallest absolute Gasteiger partial charge is 0.318 e. The van der Waals surface area contributed by atoms with E-state index in [0.717, 1.165) is 0 Å². The minimum absolute atomic E-state index is 0.225. The van der Waals surface area contributed by atoms with E-state index in [1.807, 2.05) is 0 Å². The van der Waals surface area contributed by atoms with Crippen LogP contribution in [0.3, 0.4) is 0 Å². The highest BCUT2D eigenvalue weighted by Crippen LogP contribution is 2.17. The van der Waals surface area contributed by atoms with Gasteiger partial charge in [0, 0.05) is 13.1 Å². The van der Waals surface area contributed by atoms with Gasteiger partial charge in [-0.3, -0.25) is 4.79 Å². The Morgan fingerprint density at radius 1 is 1.41 bits per heavy atom. The van der Waals surface area contributed by atoms with Crippen LogP contribution in [0.15, 0.2) is 0 Å². The molecule has 17 heavy (non-hydrogen) atoms. The Labute approximate surface area is 101 Å². The van der Waals surface area contributed by atoms with Crippen molar-refractivity contribution in [3.05, 3.63) is 0 Å². The third-order valence-corrected chi connectivity index (χ3v) is 2.91.